The predicted molar refractivity (Wildman–Crippen MR) is 63.2 cm³/mol. The maximum absolute atomic E-state index is 4.20. The molecule has 66 valence electrons. The van der Waals surface area contributed by atoms with Gasteiger partial charge < -0.3 is 0 Å². The second-order valence-corrected chi connectivity index (χ2v) is 5.17. The molecule has 0 aliphatic rings. The standard InChI is InChI=1S/C9H11BrIN/c1-6(2)3-7-5-12-9(10)4-8(7)11/h4-6H,3H2,1-2H3. The minimum Gasteiger partial charge on any atom is -0.249 e. The number of rotatable bonds is 2. The SMILES string of the molecule is CC(C)Cc1cnc(Br)cc1I. The molecule has 0 radical (unpaired) electrons. The van der Waals surface area contributed by atoms with Gasteiger partial charge in [0.05, 0.1) is 0 Å². The zero-order valence-corrected chi connectivity index (χ0v) is 10.9. The van der Waals surface area contributed by atoms with Crippen LogP contribution in [0.5, 0.6) is 0 Å². The smallest absolute Gasteiger partial charge is 0.107 e. The lowest BCUT2D eigenvalue weighted by Crippen LogP contribution is -1.97. The van der Waals surface area contributed by atoms with E-state index in [2.05, 4.69) is 63.4 Å². The Kier molecular flexibility index (Phi) is 3.96. The summed E-state index contributed by atoms with van der Waals surface area (Å²) in [4.78, 5) is 4.20. The quantitative estimate of drug-likeness (QED) is 0.592. The molecule has 0 bridgehead atoms. The molecule has 0 unspecified atom stereocenters. The van der Waals surface area contributed by atoms with E-state index in [-0.39, 0.29) is 0 Å². The largest absolute Gasteiger partial charge is 0.249 e. The van der Waals surface area contributed by atoms with Crippen LogP contribution in [0.2, 0.25) is 0 Å². The zero-order valence-electron chi connectivity index (χ0n) is 7.14. The van der Waals surface area contributed by atoms with Gasteiger partial charge in [-0.2, -0.15) is 0 Å². The maximum Gasteiger partial charge on any atom is 0.107 e. The summed E-state index contributed by atoms with van der Waals surface area (Å²) in [7, 11) is 0. The summed E-state index contributed by atoms with van der Waals surface area (Å²) in [6.07, 6.45) is 3.06. The molecule has 1 rings (SSSR count). The summed E-state index contributed by atoms with van der Waals surface area (Å²) in [5.74, 6) is 0.696. The van der Waals surface area contributed by atoms with Gasteiger partial charge in [-0.15, -0.1) is 0 Å². The van der Waals surface area contributed by atoms with E-state index in [4.69, 9.17) is 0 Å². The van der Waals surface area contributed by atoms with Gasteiger partial charge in [0.1, 0.15) is 4.60 Å². The zero-order chi connectivity index (χ0) is 9.14. The Morgan fingerprint density at radius 3 is 2.75 bits per heavy atom. The van der Waals surface area contributed by atoms with Crippen LogP contribution in [0.1, 0.15) is 19.4 Å². The number of hydrogen-bond donors (Lipinski definition) is 0. The average Bonchev–Trinajstić information content (AvgIpc) is 1.94. The molecule has 0 N–H and O–H groups in total. The maximum atomic E-state index is 4.20. The Labute approximate surface area is 95.2 Å². The third-order valence-electron chi connectivity index (χ3n) is 1.52. The summed E-state index contributed by atoms with van der Waals surface area (Å²) < 4.78 is 2.21. The average molecular weight is 340 g/mol. The van der Waals surface area contributed by atoms with Gasteiger partial charge in [0.25, 0.3) is 0 Å². The molecule has 0 atom stereocenters. The van der Waals surface area contributed by atoms with Crippen LogP contribution in [-0.2, 0) is 6.42 Å². The number of aromatic nitrogens is 1. The van der Waals surface area contributed by atoms with Crippen molar-refractivity contribution in [2.45, 2.75) is 20.3 Å². The van der Waals surface area contributed by atoms with Crippen LogP contribution in [-0.4, -0.2) is 4.98 Å². The van der Waals surface area contributed by atoms with Crippen LogP contribution in [0.3, 0.4) is 0 Å². The van der Waals surface area contributed by atoms with E-state index in [1.807, 2.05) is 6.20 Å². The van der Waals surface area contributed by atoms with Crippen molar-refractivity contribution in [3.63, 3.8) is 0 Å². The molecule has 0 aliphatic heterocycles. The fourth-order valence-electron chi connectivity index (χ4n) is 1.03. The van der Waals surface area contributed by atoms with Gasteiger partial charge in [-0.1, -0.05) is 13.8 Å². The van der Waals surface area contributed by atoms with Gasteiger partial charge in [-0.25, -0.2) is 4.98 Å². The molecule has 1 aromatic heterocycles. The number of nitrogens with zero attached hydrogens (tertiary/aromatic N) is 1. The molecule has 1 heterocycles. The summed E-state index contributed by atoms with van der Waals surface area (Å²) in [6.45, 7) is 4.44. The highest BCUT2D eigenvalue weighted by Crippen LogP contribution is 2.18. The molecular weight excluding hydrogens is 329 g/mol. The normalized spacial score (nSPS) is 10.8. The van der Waals surface area contributed by atoms with Gasteiger partial charge in [-0.3, -0.25) is 0 Å². The molecule has 3 heteroatoms. The lowest BCUT2D eigenvalue weighted by molar-refractivity contribution is 0.643. The third-order valence-corrected chi connectivity index (χ3v) is 2.96. The molecule has 0 saturated heterocycles. The minimum atomic E-state index is 0.696. The summed E-state index contributed by atoms with van der Waals surface area (Å²) >= 11 is 5.70. The Hall–Kier alpha value is 0.360. The van der Waals surface area contributed by atoms with Crippen molar-refractivity contribution in [1.29, 1.82) is 0 Å². The Morgan fingerprint density at radius 2 is 2.25 bits per heavy atom. The van der Waals surface area contributed by atoms with Crippen LogP contribution in [0.25, 0.3) is 0 Å². The fourth-order valence-corrected chi connectivity index (χ4v) is 2.44. The van der Waals surface area contributed by atoms with E-state index in [1.54, 1.807) is 0 Å². The molecular formula is C9H11BrIN. The monoisotopic (exact) mass is 339 g/mol. The van der Waals surface area contributed by atoms with Gasteiger partial charge >= 0.3 is 0 Å². The molecule has 0 aliphatic carbocycles. The van der Waals surface area contributed by atoms with Crippen molar-refractivity contribution in [1.82, 2.24) is 4.98 Å². The van der Waals surface area contributed by atoms with Crippen LogP contribution in [0.15, 0.2) is 16.9 Å². The summed E-state index contributed by atoms with van der Waals surface area (Å²) in [5.41, 5.74) is 1.34. The highest BCUT2D eigenvalue weighted by Gasteiger charge is 2.03. The molecule has 0 amide bonds. The highest BCUT2D eigenvalue weighted by molar-refractivity contribution is 14.1. The minimum absolute atomic E-state index is 0.696. The van der Waals surface area contributed by atoms with Crippen molar-refractivity contribution in [3.8, 4) is 0 Å². The number of halogens is 2. The lowest BCUT2D eigenvalue weighted by atomic mass is 10.1. The van der Waals surface area contributed by atoms with Crippen LogP contribution in [0, 0.1) is 9.49 Å². The Morgan fingerprint density at radius 1 is 1.58 bits per heavy atom. The summed E-state index contributed by atoms with van der Waals surface area (Å²) in [5, 5.41) is 0. The van der Waals surface area contributed by atoms with E-state index in [0.717, 1.165) is 11.0 Å². The number of hydrogen-bond acceptors (Lipinski definition) is 1. The first kappa shape index (κ1) is 10.4. The third kappa shape index (κ3) is 3.01. The van der Waals surface area contributed by atoms with Crippen molar-refractivity contribution < 1.29 is 0 Å². The molecule has 0 fully saturated rings. The molecule has 0 spiro atoms. The lowest BCUT2D eigenvalue weighted by Gasteiger charge is -2.06. The van der Waals surface area contributed by atoms with E-state index >= 15 is 0 Å². The molecule has 1 nitrogen and oxygen atoms in total. The van der Waals surface area contributed by atoms with Gasteiger partial charge in [-0.05, 0) is 62.5 Å². The Bertz CT molecular complexity index is 273. The van der Waals surface area contributed by atoms with Crippen molar-refractivity contribution in [3.05, 3.63) is 26.0 Å². The molecule has 0 aromatic carbocycles. The second kappa shape index (κ2) is 4.56. The summed E-state index contributed by atoms with van der Waals surface area (Å²) in [6, 6.07) is 2.05. The molecule has 12 heavy (non-hydrogen) atoms. The van der Waals surface area contributed by atoms with E-state index in [0.29, 0.717) is 5.92 Å². The molecule has 1 aromatic rings. The second-order valence-electron chi connectivity index (χ2n) is 3.20. The van der Waals surface area contributed by atoms with Crippen LogP contribution < -0.4 is 0 Å². The van der Waals surface area contributed by atoms with E-state index < -0.39 is 0 Å². The van der Waals surface area contributed by atoms with Gasteiger partial charge in [0.15, 0.2) is 0 Å². The fraction of sp³-hybridized carbons (Fsp3) is 0.444. The molecule has 0 saturated carbocycles. The van der Waals surface area contributed by atoms with Crippen LogP contribution >= 0.6 is 38.5 Å². The van der Waals surface area contributed by atoms with Crippen molar-refractivity contribution in [2.24, 2.45) is 5.92 Å². The topological polar surface area (TPSA) is 12.9 Å². The van der Waals surface area contributed by atoms with Gasteiger partial charge in [0, 0.05) is 9.77 Å². The van der Waals surface area contributed by atoms with E-state index in [9.17, 15) is 0 Å². The van der Waals surface area contributed by atoms with Crippen molar-refractivity contribution in [2.75, 3.05) is 0 Å². The first-order valence-corrected chi connectivity index (χ1v) is 5.76. The van der Waals surface area contributed by atoms with Crippen LogP contribution in [0.4, 0.5) is 0 Å². The van der Waals surface area contributed by atoms with Crippen molar-refractivity contribution >= 4 is 38.5 Å². The predicted octanol–water partition coefficient (Wildman–Crippen LogP) is 3.65. The van der Waals surface area contributed by atoms with E-state index in [1.165, 1.54) is 9.13 Å². The Balaban J connectivity index is 2.86. The van der Waals surface area contributed by atoms with Gasteiger partial charge in [0.2, 0.25) is 0 Å². The number of pyridine rings is 1. The first-order valence-electron chi connectivity index (χ1n) is 3.89. The first-order chi connectivity index (χ1) is 5.59. The highest BCUT2D eigenvalue weighted by atomic mass is 127.